The van der Waals surface area contributed by atoms with E-state index in [4.69, 9.17) is 0 Å². The average molecular weight is 375 g/mol. The molecule has 0 aliphatic heterocycles. The average Bonchev–Trinajstić information content (AvgIpc) is 0. The minimum absolute atomic E-state index is 0. The molecule has 0 saturated carbocycles. The van der Waals surface area contributed by atoms with Crippen molar-refractivity contribution in [1.29, 1.82) is 0 Å². The van der Waals surface area contributed by atoms with Crippen LogP contribution in [0.25, 0.3) is 0 Å². The molecule has 0 N–H and O–H groups in total. The van der Waals surface area contributed by atoms with Gasteiger partial charge in [0.15, 0.2) is 0 Å². The molecule has 0 heterocycles. The van der Waals surface area contributed by atoms with Crippen molar-refractivity contribution in [2.24, 2.45) is 0 Å². The van der Waals surface area contributed by atoms with E-state index < -0.39 is 0 Å². The van der Waals surface area contributed by atoms with Gasteiger partial charge in [-0.3, -0.25) is 0 Å². The fourth-order valence-corrected chi connectivity index (χ4v) is 0. The third-order valence-corrected chi connectivity index (χ3v) is 0. The first-order chi connectivity index (χ1) is 0. The van der Waals surface area contributed by atoms with E-state index in [1.165, 1.54) is 0 Å². The summed E-state index contributed by atoms with van der Waals surface area (Å²) in [6.07, 6.45) is 0. The second kappa shape index (κ2) is 17.8. The zero-order valence-corrected chi connectivity index (χ0v) is 9.00. The van der Waals surface area contributed by atoms with Gasteiger partial charge in [0.25, 0.3) is 0 Å². The summed E-state index contributed by atoms with van der Waals surface area (Å²) in [6.45, 7) is 0. The molecule has 0 aliphatic carbocycles. The Labute approximate surface area is 78.0 Å². The molecule has 0 amide bonds. The van der Waals surface area contributed by atoms with Crippen LogP contribution in [0.4, 0.5) is 0 Å². The van der Waals surface area contributed by atoms with Gasteiger partial charge in [-0.05, 0) is 0 Å². The SMILES string of the molecule is [Cr].[Cr].[Cu].[Pb]. The van der Waals surface area contributed by atoms with Gasteiger partial charge in [-0.2, -0.15) is 0 Å². The van der Waals surface area contributed by atoms with Crippen molar-refractivity contribution in [2.45, 2.75) is 0 Å². The first kappa shape index (κ1) is 31.4. The van der Waals surface area contributed by atoms with Gasteiger partial charge < -0.3 is 0 Å². The fourth-order valence-electron chi connectivity index (χ4n) is 0. The van der Waals surface area contributed by atoms with Crippen molar-refractivity contribution in [2.75, 3.05) is 0 Å². The quantitative estimate of drug-likeness (QED) is 0.507. The van der Waals surface area contributed by atoms with Gasteiger partial charge in [0, 0.05) is 79.1 Å². The second-order valence-electron chi connectivity index (χ2n) is 0. The van der Waals surface area contributed by atoms with E-state index in [1.807, 2.05) is 0 Å². The van der Waals surface area contributed by atoms with E-state index in [9.17, 15) is 0 Å². The smallest absolute Gasteiger partial charge is 0 e. The summed E-state index contributed by atoms with van der Waals surface area (Å²) in [7, 11) is 0. The first-order valence-corrected chi connectivity index (χ1v) is 0. The third kappa shape index (κ3) is 8.82. The summed E-state index contributed by atoms with van der Waals surface area (Å²) >= 11 is 0. The van der Waals surface area contributed by atoms with Crippen LogP contribution in [0, 0.1) is 0 Å². The van der Waals surface area contributed by atoms with E-state index in [2.05, 4.69) is 0 Å². The molecular formula is Cr2CuPb. The van der Waals surface area contributed by atoms with Crippen molar-refractivity contribution < 1.29 is 51.8 Å². The maximum absolute atomic E-state index is 0. The van der Waals surface area contributed by atoms with Gasteiger partial charge >= 0.3 is 0 Å². The van der Waals surface area contributed by atoms with E-state index in [0.717, 1.165) is 0 Å². The Morgan fingerprint density at radius 2 is 0.750 bits per heavy atom. The van der Waals surface area contributed by atoms with Crippen molar-refractivity contribution in [3.05, 3.63) is 0 Å². The van der Waals surface area contributed by atoms with E-state index in [1.54, 1.807) is 0 Å². The molecule has 0 fully saturated rings. The van der Waals surface area contributed by atoms with Crippen molar-refractivity contribution >= 4 is 27.3 Å². The fraction of sp³-hybridized carbons (Fsp3) is 0. The first-order valence-electron chi connectivity index (χ1n) is 0. The van der Waals surface area contributed by atoms with Gasteiger partial charge in [-0.1, -0.05) is 0 Å². The Morgan fingerprint density at radius 1 is 0.750 bits per heavy atom. The summed E-state index contributed by atoms with van der Waals surface area (Å²) in [5.41, 5.74) is 0. The molecule has 0 aromatic rings. The molecule has 4 heavy (non-hydrogen) atoms. The standard InChI is InChI=1S/2Cr.Cu.Pb. The van der Waals surface area contributed by atoms with E-state index in [0.29, 0.717) is 0 Å². The van der Waals surface area contributed by atoms with Crippen LogP contribution in [0.1, 0.15) is 0 Å². The number of hydrogen-bond acceptors (Lipinski definition) is 0. The molecule has 0 saturated heterocycles. The van der Waals surface area contributed by atoms with Gasteiger partial charge in [-0.15, -0.1) is 0 Å². The topological polar surface area (TPSA) is 0 Å². The van der Waals surface area contributed by atoms with Crippen molar-refractivity contribution in [1.82, 2.24) is 0 Å². The molecule has 0 nitrogen and oxygen atoms in total. The molecule has 0 aliphatic rings. The van der Waals surface area contributed by atoms with Gasteiger partial charge in [0.2, 0.25) is 0 Å². The molecule has 0 rings (SSSR count). The van der Waals surface area contributed by atoms with E-state index in [-0.39, 0.29) is 79.1 Å². The van der Waals surface area contributed by atoms with Crippen LogP contribution in [-0.2, 0) is 51.8 Å². The maximum Gasteiger partial charge on any atom is 0 e. The summed E-state index contributed by atoms with van der Waals surface area (Å²) in [5.74, 6) is 0. The van der Waals surface area contributed by atoms with Crippen LogP contribution < -0.4 is 0 Å². The van der Waals surface area contributed by atoms with E-state index >= 15 is 0 Å². The Balaban J connectivity index is 0. The Bertz CT molecular complexity index is 6.00. The summed E-state index contributed by atoms with van der Waals surface area (Å²) in [4.78, 5) is 0. The molecule has 0 atom stereocenters. The molecule has 0 bridgehead atoms. The Kier molecular flexibility index (Phi) is 140. The predicted octanol–water partition coefficient (Wildman–Crippen LogP) is -0.388. The minimum atomic E-state index is 0. The monoisotopic (exact) mass is 375 g/mol. The predicted molar refractivity (Wildman–Crippen MR) is 5.75 cm³/mol. The second-order valence-corrected chi connectivity index (χ2v) is 0. The molecule has 0 aromatic heterocycles. The molecule has 0 spiro atoms. The number of hydrogen-bond donors (Lipinski definition) is 0. The number of rotatable bonds is 0. The largest absolute Gasteiger partial charge is 0 e. The van der Waals surface area contributed by atoms with Crippen LogP contribution in [-0.4, -0.2) is 27.3 Å². The van der Waals surface area contributed by atoms with Gasteiger partial charge in [0.1, 0.15) is 0 Å². The zero-order valence-electron chi connectivity index (χ0n) is 1.62. The minimum Gasteiger partial charge on any atom is 0 e. The molecular weight excluding hydrogens is 375 g/mol. The zero-order chi connectivity index (χ0) is 0. The van der Waals surface area contributed by atoms with Crippen LogP contribution in [0.5, 0.6) is 0 Å². The van der Waals surface area contributed by atoms with Gasteiger partial charge in [0.05, 0.1) is 0 Å². The molecule has 27 valence electrons. The molecule has 0 unspecified atom stereocenters. The Morgan fingerprint density at radius 3 is 0.750 bits per heavy atom. The van der Waals surface area contributed by atoms with Crippen LogP contribution >= 0.6 is 0 Å². The molecule has 5 radical (unpaired) electrons. The van der Waals surface area contributed by atoms with Gasteiger partial charge in [-0.25, -0.2) is 0 Å². The Hall–Kier alpha value is 2.51. The molecule has 0 aromatic carbocycles. The van der Waals surface area contributed by atoms with Crippen LogP contribution in [0.15, 0.2) is 0 Å². The van der Waals surface area contributed by atoms with Crippen molar-refractivity contribution in [3.8, 4) is 0 Å². The third-order valence-electron chi connectivity index (χ3n) is 0. The van der Waals surface area contributed by atoms with Crippen LogP contribution in [0.2, 0.25) is 0 Å². The normalized spacial score (nSPS) is 0. The summed E-state index contributed by atoms with van der Waals surface area (Å²) in [5, 5.41) is 0. The summed E-state index contributed by atoms with van der Waals surface area (Å²) < 4.78 is 0. The van der Waals surface area contributed by atoms with Crippen LogP contribution in [0.3, 0.4) is 0 Å². The molecule has 4 heteroatoms. The maximum atomic E-state index is 0. The van der Waals surface area contributed by atoms with Crippen molar-refractivity contribution in [3.63, 3.8) is 0 Å². The summed E-state index contributed by atoms with van der Waals surface area (Å²) in [6, 6.07) is 0.